The van der Waals surface area contributed by atoms with Gasteiger partial charge in [-0.1, -0.05) is 36.6 Å². The average Bonchev–Trinajstić information content (AvgIpc) is 2.64. The number of likely N-dealkylation sites (tertiary alicyclic amines) is 1. The van der Waals surface area contributed by atoms with E-state index in [0.717, 1.165) is 37.8 Å². The molecule has 2 N–H and O–H groups in total. The third-order valence-corrected chi connectivity index (χ3v) is 4.34. The number of carboxylic acid groups (broad SMARTS) is 1. The van der Waals surface area contributed by atoms with Gasteiger partial charge in [-0.25, -0.2) is 4.79 Å². The second-order valence-electron chi connectivity index (χ2n) is 5.97. The number of aliphatic carboxylic acids is 1. The molecule has 0 aliphatic carbocycles. The Morgan fingerprint density at radius 2 is 2.00 bits per heavy atom. The Morgan fingerprint density at radius 3 is 2.62 bits per heavy atom. The van der Waals surface area contributed by atoms with E-state index in [1.807, 2.05) is 24.3 Å². The lowest BCUT2D eigenvalue weighted by molar-refractivity contribution is -0.159. The van der Waals surface area contributed by atoms with E-state index in [2.05, 4.69) is 4.90 Å². The van der Waals surface area contributed by atoms with Crippen molar-refractivity contribution in [3.05, 3.63) is 34.9 Å². The molecule has 0 amide bonds. The van der Waals surface area contributed by atoms with Crippen LogP contribution in [-0.4, -0.2) is 39.8 Å². The maximum Gasteiger partial charge on any atom is 0.336 e. The molecule has 1 aromatic carbocycles. The summed E-state index contributed by atoms with van der Waals surface area (Å²) in [6, 6.07) is 7.82. The normalized spacial score (nSPS) is 23.3. The van der Waals surface area contributed by atoms with E-state index in [0.29, 0.717) is 5.02 Å². The van der Waals surface area contributed by atoms with E-state index < -0.39 is 11.6 Å². The van der Waals surface area contributed by atoms with Crippen LogP contribution in [0.2, 0.25) is 5.02 Å². The van der Waals surface area contributed by atoms with Crippen LogP contribution in [-0.2, 0) is 4.79 Å². The highest BCUT2D eigenvalue weighted by atomic mass is 35.5. The van der Waals surface area contributed by atoms with Crippen molar-refractivity contribution in [2.75, 3.05) is 13.1 Å². The fourth-order valence-corrected chi connectivity index (χ4v) is 3.01. The molecular weight excluding hydrogens is 290 g/mol. The maximum absolute atomic E-state index is 11.2. The van der Waals surface area contributed by atoms with Gasteiger partial charge in [-0.05, 0) is 44.0 Å². The highest BCUT2D eigenvalue weighted by molar-refractivity contribution is 6.30. The number of benzene rings is 1. The van der Waals surface area contributed by atoms with Crippen LogP contribution < -0.4 is 0 Å². The Labute approximate surface area is 130 Å². The monoisotopic (exact) mass is 311 g/mol. The van der Waals surface area contributed by atoms with Crippen LogP contribution in [0, 0.1) is 0 Å². The lowest BCUT2D eigenvalue weighted by Gasteiger charge is -2.34. The summed E-state index contributed by atoms with van der Waals surface area (Å²) in [4.78, 5) is 13.3. The summed E-state index contributed by atoms with van der Waals surface area (Å²) in [5, 5.41) is 19.9. The summed E-state index contributed by atoms with van der Waals surface area (Å²) in [6.45, 7) is 2.30. The number of carboxylic acids is 1. The van der Waals surface area contributed by atoms with E-state index in [1.54, 1.807) is 0 Å². The Morgan fingerprint density at radius 1 is 1.33 bits per heavy atom. The lowest BCUT2D eigenvalue weighted by Crippen LogP contribution is -2.47. The van der Waals surface area contributed by atoms with Crippen molar-refractivity contribution in [1.82, 2.24) is 4.90 Å². The molecule has 1 aliphatic heterocycles. The first-order valence-electron chi connectivity index (χ1n) is 7.35. The zero-order valence-electron chi connectivity index (χ0n) is 12.3. The van der Waals surface area contributed by atoms with Gasteiger partial charge >= 0.3 is 5.97 Å². The Balaban J connectivity index is 2.22. The van der Waals surface area contributed by atoms with Gasteiger partial charge in [0.1, 0.15) is 0 Å². The molecule has 0 bridgehead atoms. The summed E-state index contributed by atoms with van der Waals surface area (Å²) in [5.41, 5.74) is -0.600. The molecule has 0 aromatic heterocycles. The molecule has 1 fully saturated rings. The average molecular weight is 312 g/mol. The lowest BCUT2D eigenvalue weighted by atomic mass is 9.98. The SMILES string of the molecule is CC(O)(CN1CCCCCC1c1ccc(Cl)cc1)C(=O)O. The quantitative estimate of drug-likeness (QED) is 0.897. The second kappa shape index (κ2) is 6.77. The molecule has 2 unspecified atom stereocenters. The molecule has 5 heteroatoms. The highest BCUT2D eigenvalue weighted by Gasteiger charge is 2.35. The number of rotatable bonds is 4. The predicted molar refractivity (Wildman–Crippen MR) is 82.5 cm³/mol. The molecule has 2 atom stereocenters. The van der Waals surface area contributed by atoms with Crippen molar-refractivity contribution >= 4 is 17.6 Å². The van der Waals surface area contributed by atoms with Crippen molar-refractivity contribution in [3.8, 4) is 0 Å². The predicted octanol–water partition coefficient (Wildman–Crippen LogP) is 3.09. The molecule has 1 heterocycles. The summed E-state index contributed by atoms with van der Waals surface area (Å²) >= 11 is 5.94. The molecule has 4 nitrogen and oxygen atoms in total. The van der Waals surface area contributed by atoms with Crippen molar-refractivity contribution in [3.63, 3.8) is 0 Å². The standard InChI is InChI=1S/C16H22ClNO3/c1-16(21,15(19)20)11-18-10-4-2-3-5-14(18)12-6-8-13(17)9-7-12/h6-9,14,21H,2-5,10-11H2,1H3,(H,19,20). The van der Waals surface area contributed by atoms with Gasteiger partial charge in [0.05, 0.1) is 0 Å². The number of hydrogen-bond acceptors (Lipinski definition) is 3. The van der Waals surface area contributed by atoms with Crippen LogP contribution in [0.5, 0.6) is 0 Å². The van der Waals surface area contributed by atoms with Crippen LogP contribution in [0.3, 0.4) is 0 Å². The zero-order chi connectivity index (χ0) is 15.5. The minimum Gasteiger partial charge on any atom is -0.479 e. The Bertz CT molecular complexity index is 487. The Kier molecular flexibility index (Phi) is 5.25. The molecule has 1 aliphatic rings. The number of aliphatic hydroxyl groups is 1. The van der Waals surface area contributed by atoms with Crippen LogP contribution in [0.1, 0.15) is 44.2 Å². The van der Waals surface area contributed by atoms with Gasteiger partial charge in [-0.15, -0.1) is 0 Å². The summed E-state index contributed by atoms with van der Waals surface area (Å²) < 4.78 is 0. The van der Waals surface area contributed by atoms with Gasteiger partial charge in [0.2, 0.25) is 0 Å². The fraction of sp³-hybridized carbons (Fsp3) is 0.562. The molecule has 21 heavy (non-hydrogen) atoms. The van der Waals surface area contributed by atoms with E-state index in [9.17, 15) is 9.90 Å². The summed E-state index contributed by atoms with van der Waals surface area (Å²) in [5.74, 6) is -1.18. The van der Waals surface area contributed by atoms with Gasteiger partial charge in [0.15, 0.2) is 5.60 Å². The molecule has 0 radical (unpaired) electrons. The van der Waals surface area contributed by atoms with E-state index in [1.165, 1.54) is 6.92 Å². The highest BCUT2D eigenvalue weighted by Crippen LogP contribution is 2.31. The number of hydrogen-bond donors (Lipinski definition) is 2. The summed E-state index contributed by atoms with van der Waals surface area (Å²) in [6.07, 6.45) is 4.24. The molecule has 116 valence electrons. The first kappa shape index (κ1) is 16.3. The van der Waals surface area contributed by atoms with Gasteiger partial charge in [0, 0.05) is 17.6 Å². The second-order valence-corrected chi connectivity index (χ2v) is 6.40. The number of halogens is 1. The van der Waals surface area contributed by atoms with Gasteiger partial charge < -0.3 is 10.2 Å². The molecule has 1 saturated heterocycles. The van der Waals surface area contributed by atoms with E-state index in [-0.39, 0.29) is 12.6 Å². The minimum absolute atomic E-state index is 0.135. The van der Waals surface area contributed by atoms with Gasteiger partial charge in [-0.3, -0.25) is 4.90 Å². The molecule has 1 aromatic rings. The van der Waals surface area contributed by atoms with E-state index in [4.69, 9.17) is 16.7 Å². The zero-order valence-corrected chi connectivity index (χ0v) is 13.0. The molecule has 2 rings (SSSR count). The topological polar surface area (TPSA) is 60.8 Å². The van der Waals surface area contributed by atoms with Crippen LogP contribution in [0.4, 0.5) is 0 Å². The third-order valence-electron chi connectivity index (χ3n) is 4.09. The van der Waals surface area contributed by atoms with Crippen molar-refractivity contribution < 1.29 is 15.0 Å². The van der Waals surface area contributed by atoms with Crippen molar-refractivity contribution in [2.45, 2.75) is 44.2 Å². The molecular formula is C16H22ClNO3. The largest absolute Gasteiger partial charge is 0.479 e. The first-order valence-corrected chi connectivity index (χ1v) is 7.73. The van der Waals surface area contributed by atoms with E-state index >= 15 is 0 Å². The third kappa shape index (κ3) is 4.19. The van der Waals surface area contributed by atoms with Gasteiger partial charge in [-0.2, -0.15) is 0 Å². The molecule has 0 saturated carbocycles. The first-order chi connectivity index (χ1) is 9.90. The fourth-order valence-electron chi connectivity index (χ4n) is 2.88. The Hall–Kier alpha value is -1.10. The molecule has 0 spiro atoms. The van der Waals surface area contributed by atoms with Crippen molar-refractivity contribution in [1.29, 1.82) is 0 Å². The summed E-state index contributed by atoms with van der Waals surface area (Å²) in [7, 11) is 0. The minimum atomic E-state index is -1.73. The number of nitrogens with zero attached hydrogens (tertiary/aromatic N) is 1. The smallest absolute Gasteiger partial charge is 0.336 e. The number of carbonyl (C=O) groups is 1. The maximum atomic E-state index is 11.2. The van der Waals surface area contributed by atoms with Crippen LogP contribution in [0.25, 0.3) is 0 Å². The van der Waals surface area contributed by atoms with Crippen molar-refractivity contribution in [2.24, 2.45) is 0 Å². The van der Waals surface area contributed by atoms with Crippen LogP contribution >= 0.6 is 11.6 Å². The van der Waals surface area contributed by atoms with Gasteiger partial charge in [0.25, 0.3) is 0 Å². The number of β-amino-alcohol motifs (C(OH)–C–C–N with tert-alkyl or cyclic N) is 1. The van der Waals surface area contributed by atoms with Crippen LogP contribution in [0.15, 0.2) is 24.3 Å².